The van der Waals surface area contributed by atoms with E-state index in [0.29, 0.717) is 57.2 Å². The van der Waals surface area contributed by atoms with Gasteiger partial charge in [0.05, 0.1) is 37.5 Å². The fourth-order valence-electron chi connectivity index (χ4n) is 5.61. The van der Waals surface area contributed by atoms with Crippen molar-refractivity contribution in [1.29, 1.82) is 5.26 Å². The first-order valence-corrected chi connectivity index (χ1v) is 15.9. The number of aromatic nitrogens is 2. The lowest BCUT2D eigenvalue weighted by atomic mass is 9.68. The highest BCUT2D eigenvalue weighted by Crippen LogP contribution is 2.51. The van der Waals surface area contributed by atoms with E-state index in [4.69, 9.17) is 15.2 Å². The van der Waals surface area contributed by atoms with E-state index in [1.54, 1.807) is 24.1 Å². The monoisotopic (exact) mass is 630 g/mol. The topological polar surface area (TPSA) is 143 Å². The van der Waals surface area contributed by atoms with Crippen molar-refractivity contribution in [3.63, 3.8) is 0 Å². The minimum Gasteiger partial charge on any atom is -0.493 e. The minimum atomic E-state index is -0.670. The van der Waals surface area contributed by atoms with Gasteiger partial charge in [-0.05, 0) is 41.5 Å². The predicted octanol–water partition coefficient (Wildman–Crippen LogP) is 4.95. The van der Waals surface area contributed by atoms with E-state index in [-0.39, 0.29) is 34.3 Å². The van der Waals surface area contributed by atoms with Crippen LogP contribution in [-0.4, -0.2) is 48.4 Å². The molecule has 5 rings (SSSR count). The molecule has 3 aromatic rings. The fourth-order valence-corrected chi connectivity index (χ4v) is 7.32. The lowest BCUT2D eigenvalue weighted by molar-refractivity contribution is -0.119. The highest BCUT2D eigenvalue weighted by Gasteiger charge is 2.45. The van der Waals surface area contributed by atoms with Crippen LogP contribution < -0.4 is 25.4 Å². The Bertz CT molecular complexity index is 1680. The first-order chi connectivity index (χ1) is 21.2. The van der Waals surface area contributed by atoms with Crippen LogP contribution in [0, 0.1) is 16.7 Å². The number of carbonyl (C=O) groups excluding carboxylic acids is 2. The first-order valence-electron chi connectivity index (χ1n) is 14.1. The molecule has 0 bridgehead atoms. The Morgan fingerprint density at radius 1 is 1.16 bits per heavy atom. The van der Waals surface area contributed by atoms with Gasteiger partial charge in [-0.25, -0.2) is 0 Å². The number of anilines is 1. The third-order valence-corrected chi connectivity index (χ3v) is 9.66. The molecule has 1 amide bonds. The van der Waals surface area contributed by atoms with Gasteiger partial charge in [0, 0.05) is 24.2 Å². The second-order valence-corrected chi connectivity index (χ2v) is 13.5. The number of ether oxygens (including phenoxy) is 2. The number of allylic oxidation sites excluding steroid dienone is 3. The molecule has 12 heteroatoms. The number of hydrogen-bond donors (Lipinski definition) is 2. The lowest BCUT2D eigenvalue weighted by Gasteiger charge is -2.42. The summed E-state index contributed by atoms with van der Waals surface area (Å²) in [7, 11) is 3.09. The highest BCUT2D eigenvalue weighted by atomic mass is 32.2. The smallest absolute Gasteiger partial charge is 0.230 e. The fraction of sp³-hybridized carbons (Fsp3) is 0.344. The van der Waals surface area contributed by atoms with Crippen LogP contribution >= 0.6 is 23.1 Å². The van der Waals surface area contributed by atoms with Gasteiger partial charge < -0.3 is 20.5 Å². The first kappa shape index (κ1) is 31.1. The number of ketones is 1. The maximum atomic E-state index is 13.8. The van der Waals surface area contributed by atoms with Gasteiger partial charge in [0.1, 0.15) is 5.82 Å². The Morgan fingerprint density at radius 3 is 2.61 bits per heavy atom. The Kier molecular flexibility index (Phi) is 9.27. The van der Waals surface area contributed by atoms with Crippen LogP contribution in [0.3, 0.4) is 0 Å². The van der Waals surface area contributed by atoms with Crippen LogP contribution in [0.1, 0.15) is 43.7 Å². The van der Waals surface area contributed by atoms with E-state index in [9.17, 15) is 14.9 Å². The molecule has 2 aromatic carbocycles. The second kappa shape index (κ2) is 13.1. The SMILES string of the molecule is COc1ccc(C2C(C#N)=C(N)N(c3nnc(SCC(=O)NCCc4ccccc4)s3)C3=C2C(=O)CC(C)(C)C3)cc1OC. The second-order valence-electron chi connectivity index (χ2n) is 11.3. The van der Waals surface area contributed by atoms with E-state index >= 15 is 0 Å². The largest absolute Gasteiger partial charge is 0.493 e. The lowest BCUT2D eigenvalue weighted by Crippen LogP contribution is -2.42. The molecule has 1 aliphatic carbocycles. The van der Waals surface area contributed by atoms with E-state index in [0.717, 1.165) is 12.0 Å². The maximum Gasteiger partial charge on any atom is 0.230 e. The number of amides is 1. The van der Waals surface area contributed by atoms with E-state index < -0.39 is 5.92 Å². The van der Waals surface area contributed by atoms with Crippen molar-refractivity contribution < 1.29 is 19.1 Å². The molecule has 2 heterocycles. The maximum absolute atomic E-state index is 13.8. The summed E-state index contributed by atoms with van der Waals surface area (Å²) in [6.07, 6.45) is 1.63. The predicted molar refractivity (Wildman–Crippen MR) is 170 cm³/mol. The zero-order valence-corrected chi connectivity index (χ0v) is 26.7. The minimum absolute atomic E-state index is 0.0485. The van der Waals surface area contributed by atoms with Crippen molar-refractivity contribution in [2.24, 2.45) is 11.1 Å². The Labute approximate surface area is 264 Å². The molecule has 0 spiro atoms. The molecular formula is C32H34N6O4S2. The van der Waals surface area contributed by atoms with E-state index in [1.165, 1.54) is 30.2 Å². The van der Waals surface area contributed by atoms with Gasteiger partial charge in [-0.2, -0.15) is 5.26 Å². The number of benzene rings is 2. The Morgan fingerprint density at radius 2 is 1.91 bits per heavy atom. The van der Waals surface area contributed by atoms with Crippen LogP contribution in [0.4, 0.5) is 5.13 Å². The quantitative estimate of drug-likeness (QED) is 0.296. The summed E-state index contributed by atoms with van der Waals surface area (Å²) in [5.41, 5.74) is 9.74. The van der Waals surface area contributed by atoms with Crippen LogP contribution in [0.15, 0.2) is 75.5 Å². The zero-order valence-electron chi connectivity index (χ0n) is 25.0. The average molecular weight is 631 g/mol. The van der Waals surface area contributed by atoms with E-state index in [1.807, 2.05) is 50.2 Å². The van der Waals surface area contributed by atoms with Gasteiger partial charge in [-0.3, -0.25) is 14.5 Å². The molecular weight excluding hydrogens is 597 g/mol. The number of nitrogens with one attached hydrogen (secondary N) is 1. The number of Topliss-reactive ketones (excluding diaryl/α,β-unsaturated/α-hetero) is 1. The molecule has 1 unspecified atom stereocenters. The van der Waals surface area contributed by atoms with Crippen molar-refractivity contribution >= 4 is 39.9 Å². The molecule has 0 saturated heterocycles. The molecule has 44 heavy (non-hydrogen) atoms. The standard InChI is InChI=1S/C32H34N6O4S2/c1-32(2)15-22-28(23(39)16-32)27(20-10-11-24(41-3)25(14-20)42-4)21(17-33)29(34)38(22)30-36-37-31(44-30)43-18-26(40)35-13-12-19-8-6-5-7-9-19/h5-11,14,27H,12-13,15-16,18,34H2,1-4H3,(H,35,40). The average Bonchev–Trinajstić information content (AvgIpc) is 3.47. The summed E-state index contributed by atoms with van der Waals surface area (Å²) in [6, 6.07) is 17.6. The van der Waals surface area contributed by atoms with Crippen molar-refractivity contribution in [3.8, 4) is 17.6 Å². The summed E-state index contributed by atoms with van der Waals surface area (Å²) in [4.78, 5) is 28.0. The number of nitrogens with zero attached hydrogens (tertiary/aromatic N) is 4. The van der Waals surface area contributed by atoms with Gasteiger partial charge in [0.25, 0.3) is 0 Å². The normalized spacial score (nSPS) is 17.7. The van der Waals surface area contributed by atoms with Gasteiger partial charge >= 0.3 is 0 Å². The molecule has 1 aliphatic heterocycles. The summed E-state index contributed by atoms with van der Waals surface area (Å²) < 4.78 is 11.5. The number of rotatable bonds is 10. The van der Waals surface area contributed by atoms with Crippen LogP contribution in [0.2, 0.25) is 0 Å². The van der Waals surface area contributed by atoms with Crippen molar-refractivity contribution in [1.82, 2.24) is 15.5 Å². The molecule has 0 saturated carbocycles. The third kappa shape index (κ3) is 6.44. The molecule has 2 aliphatic rings. The zero-order chi connectivity index (χ0) is 31.4. The highest BCUT2D eigenvalue weighted by molar-refractivity contribution is 8.01. The number of carbonyl (C=O) groups is 2. The van der Waals surface area contributed by atoms with Gasteiger partial charge in [-0.15, -0.1) is 10.2 Å². The number of methoxy groups -OCH3 is 2. The van der Waals surface area contributed by atoms with Crippen LogP contribution in [0.5, 0.6) is 11.5 Å². The summed E-state index contributed by atoms with van der Waals surface area (Å²) in [5, 5.41) is 22.4. The van der Waals surface area contributed by atoms with Gasteiger partial charge in [0.2, 0.25) is 11.0 Å². The Balaban J connectivity index is 1.42. The van der Waals surface area contributed by atoms with Gasteiger partial charge in [-0.1, -0.05) is 73.3 Å². The summed E-state index contributed by atoms with van der Waals surface area (Å²) in [5.74, 6) is 0.585. The molecule has 3 N–H and O–H groups in total. The number of hydrogen-bond acceptors (Lipinski definition) is 11. The molecule has 0 radical (unpaired) electrons. The number of nitrogens with two attached hydrogens (primary N) is 1. The van der Waals surface area contributed by atoms with Crippen LogP contribution in [-0.2, 0) is 16.0 Å². The number of thioether (sulfide) groups is 1. The van der Waals surface area contributed by atoms with Crippen molar-refractivity contribution in [3.05, 3.63) is 82.3 Å². The molecule has 0 fully saturated rings. The molecule has 1 atom stereocenters. The van der Waals surface area contributed by atoms with Gasteiger partial charge in [0.15, 0.2) is 21.6 Å². The summed E-state index contributed by atoms with van der Waals surface area (Å²) in [6.45, 7) is 4.62. The van der Waals surface area contributed by atoms with Crippen LogP contribution in [0.25, 0.3) is 0 Å². The number of nitriles is 1. The third-order valence-electron chi connectivity index (χ3n) is 7.61. The Hall–Kier alpha value is -4.34. The van der Waals surface area contributed by atoms with E-state index in [2.05, 4.69) is 21.6 Å². The van der Waals surface area contributed by atoms with Crippen molar-refractivity contribution in [2.45, 2.75) is 43.4 Å². The summed E-state index contributed by atoms with van der Waals surface area (Å²) >= 11 is 2.54. The van der Waals surface area contributed by atoms with Crippen molar-refractivity contribution in [2.75, 3.05) is 31.4 Å². The molecule has 1 aromatic heterocycles. The molecule has 228 valence electrons. The molecule has 10 nitrogen and oxygen atoms in total.